The lowest BCUT2D eigenvalue weighted by Crippen LogP contribution is -2.39. The number of hydrogen-bond donors (Lipinski definition) is 1. The highest BCUT2D eigenvalue weighted by Gasteiger charge is 2.47. The van der Waals surface area contributed by atoms with Crippen LogP contribution in [0.4, 0.5) is 10.1 Å². The predicted molar refractivity (Wildman–Crippen MR) is 127 cm³/mol. The third-order valence-corrected chi connectivity index (χ3v) is 7.90. The van der Waals surface area contributed by atoms with E-state index < -0.39 is 21.8 Å². The average Bonchev–Trinajstić information content (AvgIpc) is 2.82. The zero-order valence-corrected chi connectivity index (χ0v) is 19.1. The van der Waals surface area contributed by atoms with Gasteiger partial charge in [0.2, 0.25) is 5.88 Å². The van der Waals surface area contributed by atoms with E-state index in [2.05, 4.69) is 0 Å². The van der Waals surface area contributed by atoms with Crippen molar-refractivity contribution in [3.05, 3.63) is 117 Å². The Morgan fingerprint density at radius 1 is 1.09 bits per heavy atom. The van der Waals surface area contributed by atoms with Crippen LogP contribution in [-0.2, 0) is 21.3 Å². The molecule has 3 aromatic carbocycles. The van der Waals surface area contributed by atoms with Gasteiger partial charge in [-0.15, -0.1) is 0 Å². The summed E-state index contributed by atoms with van der Waals surface area (Å²) in [5, 5.41) is 10.3. The van der Waals surface area contributed by atoms with Gasteiger partial charge in [-0.25, -0.2) is 12.8 Å². The summed E-state index contributed by atoms with van der Waals surface area (Å²) in [6, 6.07) is 21.1. The van der Waals surface area contributed by atoms with E-state index in [-0.39, 0.29) is 28.7 Å². The Bertz CT molecular complexity index is 1530. The first-order chi connectivity index (χ1) is 16.3. The smallest absolute Gasteiger partial charge is 0.265 e. The molecule has 0 bridgehead atoms. The zero-order valence-electron chi connectivity index (χ0n) is 17.6. The molecule has 5 rings (SSSR count). The van der Waals surface area contributed by atoms with Crippen molar-refractivity contribution in [1.82, 2.24) is 0 Å². The van der Waals surface area contributed by atoms with Crippen LogP contribution in [0.3, 0.4) is 0 Å². The maximum absolute atomic E-state index is 14.1. The standard InChI is InChI=1S/C25H17ClFN3O3S/c26-17-5-3-4-16(12-17)22-20(13-28)25(29)33-23-19-6-1-2-7-21(19)30(34(31,32)24(22)23)14-15-8-10-18(27)11-9-15/h1-12,22H,14,29H2/t22-/m0/s1. The lowest BCUT2D eigenvalue weighted by molar-refractivity contribution is 0.357. The number of nitrogens with zero attached hydrogens (tertiary/aromatic N) is 2. The number of sulfonamides is 1. The van der Waals surface area contributed by atoms with Crippen LogP contribution in [0, 0.1) is 17.1 Å². The third-order valence-electron chi connectivity index (χ3n) is 5.78. The molecular formula is C25H17ClFN3O3S. The van der Waals surface area contributed by atoms with Crippen LogP contribution in [-0.4, -0.2) is 8.42 Å². The van der Waals surface area contributed by atoms with Gasteiger partial charge in [0.15, 0.2) is 5.76 Å². The Hall–Kier alpha value is -3.80. The molecule has 0 radical (unpaired) electrons. The number of nitriles is 1. The van der Waals surface area contributed by atoms with Crippen LogP contribution in [0.15, 0.2) is 89.2 Å². The molecule has 0 saturated carbocycles. The second-order valence-electron chi connectivity index (χ2n) is 7.83. The van der Waals surface area contributed by atoms with Gasteiger partial charge < -0.3 is 10.5 Å². The van der Waals surface area contributed by atoms with Crippen molar-refractivity contribution in [1.29, 1.82) is 5.26 Å². The molecule has 6 nitrogen and oxygen atoms in total. The maximum atomic E-state index is 14.1. The third kappa shape index (κ3) is 3.50. The first-order valence-corrected chi connectivity index (χ1v) is 12.1. The Labute approximate surface area is 201 Å². The summed E-state index contributed by atoms with van der Waals surface area (Å²) < 4.78 is 48.7. The fourth-order valence-corrected chi connectivity index (χ4v) is 6.37. The van der Waals surface area contributed by atoms with Gasteiger partial charge in [0, 0.05) is 10.6 Å². The molecule has 2 heterocycles. The average molecular weight is 494 g/mol. The molecule has 0 aliphatic carbocycles. The van der Waals surface area contributed by atoms with Crippen LogP contribution in [0.25, 0.3) is 5.76 Å². The van der Waals surface area contributed by atoms with E-state index in [1.807, 2.05) is 6.07 Å². The van der Waals surface area contributed by atoms with Gasteiger partial charge in [0.05, 0.1) is 18.2 Å². The summed E-state index contributed by atoms with van der Waals surface area (Å²) in [6.07, 6.45) is 0. The van der Waals surface area contributed by atoms with Crippen LogP contribution < -0.4 is 10.0 Å². The number of benzene rings is 3. The molecule has 3 aromatic rings. The molecular weight excluding hydrogens is 477 g/mol. The fourth-order valence-electron chi connectivity index (χ4n) is 4.25. The minimum atomic E-state index is -4.21. The number of fused-ring (bicyclic) bond motifs is 2. The number of ether oxygens (including phenoxy) is 1. The summed E-state index contributed by atoms with van der Waals surface area (Å²) in [5.41, 5.74) is 8.08. The van der Waals surface area contributed by atoms with Crippen molar-refractivity contribution in [3.63, 3.8) is 0 Å². The highest BCUT2D eigenvalue weighted by molar-refractivity contribution is 7.96. The fraction of sp³-hybridized carbons (Fsp3) is 0.0800. The first kappa shape index (κ1) is 22.0. The summed E-state index contributed by atoms with van der Waals surface area (Å²) in [5.74, 6) is -1.52. The number of nitrogens with two attached hydrogens (primary N) is 1. The van der Waals surface area contributed by atoms with Crippen LogP contribution in [0.1, 0.15) is 22.6 Å². The van der Waals surface area contributed by atoms with Gasteiger partial charge >= 0.3 is 0 Å². The minimum Gasteiger partial charge on any atom is -0.439 e. The molecule has 0 amide bonds. The summed E-state index contributed by atoms with van der Waals surface area (Å²) in [4.78, 5) is -0.0960. The largest absolute Gasteiger partial charge is 0.439 e. The molecule has 2 aliphatic heterocycles. The van der Waals surface area contributed by atoms with Crippen LogP contribution in [0.2, 0.25) is 5.02 Å². The zero-order chi connectivity index (χ0) is 24.0. The van der Waals surface area contributed by atoms with E-state index in [1.165, 1.54) is 28.6 Å². The van der Waals surface area contributed by atoms with Gasteiger partial charge in [-0.3, -0.25) is 4.31 Å². The number of anilines is 1. The molecule has 0 unspecified atom stereocenters. The van der Waals surface area contributed by atoms with Crippen molar-refractivity contribution in [2.45, 2.75) is 12.5 Å². The number of halogens is 2. The second-order valence-corrected chi connectivity index (χ2v) is 10.1. The molecule has 0 saturated heterocycles. The van der Waals surface area contributed by atoms with Gasteiger partial charge in [-0.2, -0.15) is 5.26 Å². The Morgan fingerprint density at radius 3 is 2.53 bits per heavy atom. The van der Waals surface area contributed by atoms with Crippen molar-refractivity contribution in [2.75, 3.05) is 4.31 Å². The van der Waals surface area contributed by atoms with Gasteiger partial charge in [-0.1, -0.05) is 48.0 Å². The molecule has 1 atom stereocenters. The Balaban J connectivity index is 1.76. The predicted octanol–water partition coefficient (Wildman–Crippen LogP) is 5.01. The molecule has 2 aliphatic rings. The summed E-state index contributed by atoms with van der Waals surface area (Å²) in [6.45, 7) is -0.0419. The topological polar surface area (TPSA) is 96.4 Å². The monoisotopic (exact) mass is 493 g/mol. The van der Waals surface area contributed by atoms with E-state index in [0.29, 0.717) is 27.4 Å². The molecule has 34 heavy (non-hydrogen) atoms. The van der Waals surface area contributed by atoms with Crippen molar-refractivity contribution < 1.29 is 17.5 Å². The van der Waals surface area contributed by atoms with E-state index in [1.54, 1.807) is 48.5 Å². The van der Waals surface area contributed by atoms with Gasteiger partial charge in [-0.05, 0) is 47.5 Å². The van der Waals surface area contributed by atoms with Crippen LogP contribution >= 0.6 is 11.6 Å². The Morgan fingerprint density at radius 2 is 1.82 bits per heavy atom. The summed E-state index contributed by atoms with van der Waals surface area (Å²) in [7, 11) is -4.21. The Kier molecular flexibility index (Phi) is 5.31. The molecule has 0 fully saturated rings. The quantitative estimate of drug-likeness (QED) is 0.553. The maximum Gasteiger partial charge on any atom is 0.265 e. The highest BCUT2D eigenvalue weighted by atomic mass is 35.5. The number of para-hydroxylation sites is 1. The van der Waals surface area contributed by atoms with E-state index in [0.717, 1.165) is 0 Å². The normalized spacial score (nSPS) is 18.6. The minimum absolute atomic E-state index is 0.0225. The number of rotatable bonds is 3. The SMILES string of the molecule is N#CC1=C(N)OC2=C([C@H]1c1cccc(Cl)c1)S(=O)(=O)N(Cc1ccc(F)cc1)c1ccccc12. The van der Waals surface area contributed by atoms with E-state index in [9.17, 15) is 18.1 Å². The summed E-state index contributed by atoms with van der Waals surface area (Å²) >= 11 is 6.20. The van der Waals surface area contributed by atoms with Gasteiger partial charge in [0.1, 0.15) is 22.4 Å². The number of allylic oxidation sites excluding steroid dienone is 2. The molecule has 0 aromatic heterocycles. The lowest BCUT2D eigenvalue weighted by Gasteiger charge is -2.38. The molecule has 170 valence electrons. The van der Waals surface area contributed by atoms with Crippen LogP contribution in [0.5, 0.6) is 0 Å². The molecule has 2 N–H and O–H groups in total. The van der Waals surface area contributed by atoms with E-state index in [4.69, 9.17) is 22.1 Å². The highest BCUT2D eigenvalue weighted by Crippen LogP contribution is 2.51. The lowest BCUT2D eigenvalue weighted by atomic mass is 9.88. The van der Waals surface area contributed by atoms with Crippen molar-refractivity contribution >= 4 is 33.1 Å². The molecule has 0 spiro atoms. The first-order valence-electron chi connectivity index (χ1n) is 10.2. The van der Waals surface area contributed by atoms with E-state index >= 15 is 0 Å². The van der Waals surface area contributed by atoms with Crippen molar-refractivity contribution in [2.24, 2.45) is 5.73 Å². The van der Waals surface area contributed by atoms with Gasteiger partial charge in [0.25, 0.3) is 10.0 Å². The number of hydrogen-bond acceptors (Lipinski definition) is 5. The second kappa shape index (κ2) is 8.20. The van der Waals surface area contributed by atoms with Crippen molar-refractivity contribution in [3.8, 4) is 6.07 Å². The molecule has 9 heteroatoms.